The molecule has 2 aromatic rings. The first-order valence-corrected chi connectivity index (χ1v) is 9.63. The van der Waals surface area contributed by atoms with Crippen LogP contribution in [0.4, 0.5) is 5.69 Å². The zero-order valence-corrected chi connectivity index (χ0v) is 14.9. The number of rotatable bonds is 6. The lowest BCUT2D eigenvalue weighted by Gasteiger charge is -2.17. The van der Waals surface area contributed by atoms with Gasteiger partial charge in [-0.05, 0) is 42.5 Å². The van der Waals surface area contributed by atoms with Crippen LogP contribution in [0.1, 0.15) is 31.1 Å². The van der Waals surface area contributed by atoms with Crippen LogP contribution >= 0.6 is 11.3 Å². The first-order valence-electron chi connectivity index (χ1n) is 7.27. The first kappa shape index (κ1) is 17.5. The number of amides is 1. The quantitative estimate of drug-likeness (QED) is 0.837. The molecular weight excluding hydrogens is 332 g/mol. The Morgan fingerprint density at radius 3 is 2.48 bits per heavy atom. The highest BCUT2D eigenvalue weighted by molar-refractivity contribution is 7.94. The van der Waals surface area contributed by atoms with E-state index in [0.29, 0.717) is 17.2 Å². The van der Waals surface area contributed by atoms with Gasteiger partial charge in [-0.1, -0.05) is 26.0 Å². The lowest BCUT2D eigenvalue weighted by molar-refractivity contribution is 0.0930. The predicted molar refractivity (Wildman–Crippen MR) is 93.3 cm³/mol. The average molecular weight is 352 g/mol. The lowest BCUT2D eigenvalue weighted by atomic mass is 10.1. The molecule has 2 rings (SSSR count). The van der Waals surface area contributed by atoms with E-state index in [2.05, 4.69) is 10.0 Å². The van der Waals surface area contributed by atoms with E-state index < -0.39 is 10.0 Å². The standard InChI is InChI=1S/C16H20N2O3S2/c1-11(2)12(3)17-16(19)13-6-4-7-14(10-13)18-23(20,21)15-8-5-9-22-15/h4-12,18H,1-3H3,(H,17,19). The Kier molecular flexibility index (Phi) is 5.43. The molecular formula is C16H20N2O3S2. The summed E-state index contributed by atoms with van der Waals surface area (Å²) in [5.41, 5.74) is 0.784. The summed E-state index contributed by atoms with van der Waals surface area (Å²) in [4.78, 5) is 12.2. The smallest absolute Gasteiger partial charge is 0.271 e. The molecule has 0 aliphatic heterocycles. The fraction of sp³-hybridized carbons (Fsp3) is 0.312. The summed E-state index contributed by atoms with van der Waals surface area (Å²) in [6.07, 6.45) is 0. The monoisotopic (exact) mass is 352 g/mol. The summed E-state index contributed by atoms with van der Waals surface area (Å²) in [6, 6.07) is 9.71. The number of carbonyl (C=O) groups excluding carboxylic acids is 1. The van der Waals surface area contributed by atoms with Crippen LogP contribution in [0.5, 0.6) is 0 Å². The second kappa shape index (κ2) is 7.14. The molecule has 1 unspecified atom stereocenters. The number of hydrogen-bond acceptors (Lipinski definition) is 4. The molecule has 124 valence electrons. The van der Waals surface area contributed by atoms with Gasteiger partial charge in [-0.15, -0.1) is 11.3 Å². The summed E-state index contributed by atoms with van der Waals surface area (Å²) < 4.78 is 27.2. The summed E-state index contributed by atoms with van der Waals surface area (Å²) in [6.45, 7) is 5.99. The van der Waals surface area contributed by atoms with Gasteiger partial charge in [0, 0.05) is 17.3 Å². The molecule has 1 aromatic heterocycles. The fourth-order valence-corrected chi connectivity index (χ4v) is 3.84. The minimum atomic E-state index is -3.61. The predicted octanol–water partition coefficient (Wildman–Crippen LogP) is 3.32. The van der Waals surface area contributed by atoms with Gasteiger partial charge in [-0.3, -0.25) is 9.52 Å². The minimum absolute atomic E-state index is 0.0361. The SMILES string of the molecule is CC(C)C(C)NC(=O)c1cccc(NS(=O)(=O)c2cccs2)c1. The van der Waals surface area contributed by atoms with Crippen LogP contribution < -0.4 is 10.0 Å². The van der Waals surface area contributed by atoms with E-state index in [-0.39, 0.29) is 16.2 Å². The molecule has 7 heteroatoms. The number of anilines is 1. The second-order valence-corrected chi connectivity index (χ2v) is 8.48. The molecule has 1 amide bonds. The van der Waals surface area contributed by atoms with Gasteiger partial charge in [-0.2, -0.15) is 0 Å². The van der Waals surface area contributed by atoms with Crippen molar-refractivity contribution in [3.63, 3.8) is 0 Å². The van der Waals surface area contributed by atoms with Gasteiger partial charge in [0.2, 0.25) is 0 Å². The molecule has 1 atom stereocenters. The van der Waals surface area contributed by atoms with Crippen molar-refractivity contribution in [3.8, 4) is 0 Å². The Balaban J connectivity index is 2.16. The summed E-state index contributed by atoms with van der Waals surface area (Å²) in [7, 11) is -3.61. The Bertz CT molecular complexity index is 768. The minimum Gasteiger partial charge on any atom is -0.349 e. The number of nitrogens with one attached hydrogen (secondary N) is 2. The van der Waals surface area contributed by atoms with Crippen LogP contribution in [0.3, 0.4) is 0 Å². The fourth-order valence-electron chi connectivity index (χ4n) is 1.80. The molecule has 0 saturated carbocycles. The van der Waals surface area contributed by atoms with Crippen LogP contribution in [0, 0.1) is 5.92 Å². The van der Waals surface area contributed by atoms with Crippen molar-refractivity contribution >= 4 is 33.0 Å². The van der Waals surface area contributed by atoms with E-state index in [9.17, 15) is 13.2 Å². The van der Waals surface area contributed by atoms with Gasteiger partial charge in [0.25, 0.3) is 15.9 Å². The van der Waals surface area contributed by atoms with E-state index in [4.69, 9.17) is 0 Å². The third kappa shape index (κ3) is 4.56. The highest BCUT2D eigenvalue weighted by atomic mass is 32.2. The normalized spacial score (nSPS) is 12.9. The van der Waals surface area contributed by atoms with Crippen molar-refractivity contribution in [3.05, 3.63) is 47.3 Å². The van der Waals surface area contributed by atoms with E-state index in [1.807, 2.05) is 20.8 Å². The van der Waals surface area contributed by atoms with Crippen molar-refractivity contribution < 1.29 is 13.2 Å². The van der Waals surface area contributed by atoms with Crippen LogP contribution in [-0.2, 0) is 10.0 Å². The van der Waals surface area contributed by atoms with Crippen molar-refractivity contribution in [2.75, 3.05) is 4.72 Å². The van der Waals surface area contributed by atoms with Crippen molar-refractivity contribution in [2.45, 2.75) is 31.0 Å². The molecule has 1 heterocycles. The molecule has 0 aliphatic carbocycles. The molecule has 23 heavy (non-hydrogen) atoms. The third-order valence-electron chi connectivity index (χ3n) is 3.50. The van der Waals surface area contributed by atoms with E-state index >= 15 is 0 Å². The first-order chi connectivity index (χ1) is 10.8. The zero-order valence-electron chi connectivity index (χ0n) is 13.2. The molecule has 5 nitrogen and oxygen atoms in total. The van der Waals surface area contributed by atoms with Crippen molar-refractivity contribution in [2.24, 2.45) is 5.92 Å². The second-order valence-electron chi connectivity index (χ2n) is 5.62. The zero-order chi connectivity index (χ0) is 17.0. The Morgan fingerprint density at radius 1 is 1.13 bits per heavy atom. The maximum Gasteiger partial charge on any atom is 0.271 e. The van der Waals surface area contributed by atoms with Gasteiger partial charge in [0.15, 0.2) is 0 Å². The highest BCUT2D eigenvalue weighted by Crippen LogP contribution is 2.21. The van der Waals surface area contributed by atoms with Gasteiger partial charge < -0.3 is 5.32 Å². The number of benzene rings is 1. The van der Waals surface area contributed by atoms with E-state index in [1.54, 1.807) is 29.6 Å². The molecule has 0 fully saturated rings. The number of carbonyl (C=O) groups is 1. The Labute approximate surface area is 140 Å². The highest BCUT2D eigenvalue weighted by Gasteiger charge is 2.17. The molecule has 0 spiro atoms. The van der Waals surface area contributed by atoms with Gasteiger partial charge in [0.1, 0.15) is 4.21 Å². The maximum atomic E-state index is 12.2. The van der Waals surface area contributed by atoms with Crippen LogP contribution in [-0.4, -0.2) is 20.4 Å². The molecule has 0 saturated heterocycles. The van der Waals surface area contributed by atoms with Crippen molar-refractivity contribution in [1.82, 2.24) is 5.32 Å². The summed E-state index contributed by atoms with van der Waals surface area (Å²) in [5.74, 6) is 0.0998. The van der Waals surface area contributed by atoms with E-state index in [1.165, 1.54) is 12.1 Å². The lowest BCUT2D eigenvalue weighted by Crippen LogP contribution is -2.36. The van der Waals surface area contributed by atoms with Gasteiger partial charge in [-0.25, -0.2) is 8.42 Å². The Hall–Kier alpha value is -1.86. The third-order valence-corrected chi connectivity index (χ3v) is 6.27. The number of thiophene rings is 1. The van der Waals surface area contributed by atoms with Crippen LogP contribution in [0.2, 0.25) is 0 Å². The summed E-state index contributed by atoms with van der Waals surface area (Å²) in [5, 5.41) is 4.60. The van der Waals surface area contributed by atoms with Crippen LogP contribution in [0.25, 0.3) is 0 Å². The average Bonchev–Trinajstić information content (AvgIpc) is 3.02. The van der Waals surface area contributed by atoms with E-state index in [0.717, 1.165) is 11.3 Å². The van der Waals surface area contributed by atoms with Gasteiger partial charge in [0.05, 0.1) is 0 Å². The molecule has 0 bridgehead atoms. The van der Waals surface area contributed by atoms with Gasteiger partial charge >= 0.3 is 0 Å². The number of sulfonamides is 1. The summed E-state index contributed by atoms with van der Waals surface area (Å²) >= 11 is 1.14. The molecule has 2 N–H and O–H groups in total. The topological polar surface area (TPSA) is 75.3 Å². The molecule has 0 aliphatic rings. The largest absolute Gasteiger partial charge is 0.349 e. The maximum absolute atomic E-state index is 12.2. The Morgan fingerprint density at radius 2 is 1.87 bits per heavy atom. The van der Waals surface area contributed by atoms with Crippen LogP contribution in [0.15, 0.2) is 46.0 Å². The molecule has 1 aromatic carbocycles. The number of hydrogen-bond donors (Lipinski definition) is 2. The molecule has 0 radical (unpaired) electrons. The van der Waals surface area contributed by atoms with Crippen molar-refractivity contribution in [1.29, 1.82) is 0 Å².